The number of benzene rings is 1. The molecule has 17 heavy (non-hydrogen) atoms. The molecule has 0 saturated carbocycles. The van der Waals surface area contributed by atoms with Crippen LogP contribution >= 0.6 is 0 Å². The molecule has 1 aromatic heterocycles. The molecule has 0 spiro atoms. The fourth-order valence-electron chi connectivity index (χ4n) is 1.25. The van der Waals surface area contributed by atoms with Crippen LogP contribution in [0.15, 0.2) is 42.7 Å². The maximum atomic E-state index is 13.5. The molecule has 0 radical (unpaired) electrons. The minimum absolute atomic E-state index is 0.0389. The second kappa shape index (κ2) is 4.61. The maximum Gasteiger partial charge on any atom is 0.335 e. The van der Waals surface area contributed by atoms with Crippen LogP contribution in [0.25, 0.3) is 0 Å². The van der Waals surface area contributed by atoms with E-state index >= 15 is 0 Å². The van der Waals surface area contributed by atoms with E-state index in [0.29, 0.717) is 5.75 Å². The number of pyridine rings is 1. The molecule has 0 bridgehead atoms. The first-order valence-corrected chi connectivity index (χ1v) is 4.77. The van der Waals surface area contributed by atoms with E-state index in [1.54, 1.807) is 18.3 Å². The molecule has 0 amide bonds. The molecule has 0 unspecified atom stereocenters. The molecule has 0 aliphatic carbocycles. The summed E-state index contributed by atoms with van der Waals surface area (Å²) in [5.74, 6) is -1.57. The number of rotatable bonds is 3. The first-order valence-electron chi connectivity index (χ1n) is 4.77. The van der Waals surface area contributed by atoms with Crippen molar-refractivity contribution >= 4 is 5.97 Å². The number of aromatic nitrogens is 1. The number of carbonyl (C=O) groups is 1. The van der Waals surface area contributed by atoms with E-state index in [9.17, 15) is 9.18 Å². The van der Waals surface area contributed by atoms with Crippen molar-refractivity contribution in [2.24, 2.45) is 0 Å². The van der Waals surface area contributed by atoms with Gasteiger partial charge in [0.25, 0.3) is 0 Å². The van der Waals surface area contributed by atoms with E-state index in [1.807, 2.05) is 0 Å². The van der Waals surface area contributed by atoms with Crippen LogP contribution < -0.4 is 4.74 Å². The molecular weight excluding hydrogens is 225 g/mol. The SMILES string of the molecule is O=C(O)c1ccc(Oc2cccnc2)c(F)c1. The quantitative estimate of drug-likeness (QED) is 0.885. The van der Waals surface area contributed by atoms with Gasteiger partial charge in [0, 0.05) is 6.20 Å². The third-order valence-corrected chi connectivity index (χ3v) is 2.04. The molecule has 0 fully saturated rings. The third kappa shape index (κ3) is 2.57. The van der Waals surface area contributed by atoms with Crippen molar-refractivity contribution in [3.8, 4) is 11.5 Å². The van der Waals surface area contributed by atoms with Crippen LogP contribution in [0.1, 0.15) is 10.4 Å². The van der Waals surface area contributed by atoms with Gasteiger partial charge in [0.1, 0.15) is 5.75 Å². The van der Waals surface area contributed by atoms with E-state index in [4.69, 9.17) is 9.84 Å². The van der Waals surface area contributed by atoms with Crippen molar-refractivity contribution in [2.45, 2.75) is 0 Å². The molecule has 2 rings (SSSR count). The number of carboxylic acid groups (broad SMARTS) is 1. The van der Waals surface area contributed by atoms with Gasteiger partial charge < -0.3 is 9.84 Å². The van der Waals surface area contributed by atoms with Crippen molar-refractivity contribution in [2.75, 3.05) is 0 Å². The molecule has 1 aromatic carbocycles. The van der Waals surface area contributed by atoms with Crippen molar-refractivity contribution in [1.82, 2.24) is 4.98 Å². The van der Waals surface area contributed by atoms with Crippen LogP contribution in [-0.2, 0) is 0 Å². The fourth-order valence-corrected chi connectivity index (χ4v) is 1.25. The number of nitrogens with zero attached hydrogens (tertiary/aromatic N) is 1. The predicted molar refractivity (Wildman–Crippen MR) is 57.7 cm³/mol. The second-order valence-electron chi connectivity index (χ2n) is 3.24. The molecule has 0 aliphatic heterocycles. The van der Waals surface area contributed by atoms with Gasteiger partial charge in [-0.25, -0.2) is 9.18 Å². The summed E-state index contributed by atoms with van der Waals surface area (Å²) in [7, 11) is 0. The number of hydrogen-bond donors (Lipinski definition) is 1. The highest BCUT2D eigenvalue weighted by Gasteiger charge is 2.09. The molecule has 1 N–H and O–H groups in total. The molecule has 86 valence electrons. The topological polar surface area (TPSA) is 59.4 Å². The highest BCUT2D eigenvalue weighted by molar-refractivity contribution is 5.87. The van der Waals surface area contributed by atoms with E-state index < -0.39 is 11.8 Å². The standard InChI is InChI=1S/C12H8FNO3/c13-10-6-8(12(15)16)3-4-11(10)17-9-2-1-5-14-7-9/h1-7H,(H,15,16). The number of ether oxygens (including phenoxy) is 1. The van der Waals surface area contributed by atoms with Crippen LogP contribution in [0.4, 0.5) is 4.39 Å². The smallest absolute Gasteiger partial charge is 0.335 e. The second-order valence-corrected chi connectivity index (χ2v) is 3.24. The van der Waals surface area contributed by atoms with Crippen molar-refractivity contribution < 1.29 is 19.0 Å². The summed E-state index contributed by atoms with van der Waals surface area (Å²) in [6.07, 6.45) is 3.00. The van der Waals surface area contributed by atoms with E-state index in [-0.39, 0.29) is 11.3 Å². The Morgan fingerprint density at radius 2 is 2.18 bits per heavy atom. The van der Waals surface area contributed by atoms with Gasteiger partial charge in [0.2, 0.25) is 0 Å². The van der Waals surface area contributed by atoms with Gasteiger partial charge in [-0.1, -0.05) is 0 Å². The fraction of sp³-hybridized carbons (Fsp3) is 0. The minimum Gasteiger partial charge on any atom is -0.478 e. The Hall–Kier alpha value is -2.43. The zero-order chi connectivity index (χ0) is 12.3. The van der Waals surface area contributed by atoms with Crippen LogP contribution in [0.2, 0.25) is 0 Å². The summed E-state index contributed by atoms with van der Waals surface area (Å²) >= 11 is 0. The molecule has 0 saturated heterocycles. The summed E-state index contributed by atoms with van der Waals surface area (Å²) in [6, 6.07) is 6.73. The Balaban J connectivity index is 2.26. The molecule has 2 aromatic rings. The summed E-state index contributed by atoms with van der Waals surface area (Å²) < 4.78 is 18.7. The van der Waals surface area contributed by atoms with Crippen LogP contribution in [0, 0.1) is 5.82 Å². The maximum absolute atomic E-state index is 13.5. The first kappa shape index (κ1) is 11.1. The molecule has 5 heteroatoms. The lowest BCUT2D eigenvalue weighted by Crippen LogP contribution is -1.98. The lowest BCUT2D eigenvalue weighted by atomic mass is 10.2. The Labute approximate surface area is 96.3 Å². The molecule has 1 heterocycles. The Kier molecular flexibility index (Phi) is 3.00. The average molecular weight is 233 g/mol. The normalized spacial score (nSPS) is 9.94. The first-order chi connectivity index (χ1) is 8.16. The third-order valence-electron chi connectivity index (χ3n) is 2.04. The van der Waals surface area contributed by atoms with Gasteiger partial charge in [-0.3, -0.25) is 4.98 Å². The number of hydrogen-bond acceptors (Lipinski definition) is 3. The summed E-state index contributed by atoms with van der Waals surface area (Å²) in [5, 5.41) is 8.67. The zero-order valence-corrected chi connectivity index (χ0v) is 8.63. The Morgan fingerprint density at radius 1 is 1.35 bits per heavy atom. The van der Waals surface area contributed by atoms with E-state index in [2.05, 4.69) is 4.98 Å². The molecule has 0 aliphatic rings. The van der Waals surface area contributed by atoms with Gasteiger partial charge in [-0.15, -0.1) is 0 Å². The van der Waals surface area contributed by atoms with Crippen molar-refractivity contribution in [3.63, 3.8) is 0 Å². The van der Waals surface area contributed by atoms with Crippen LogP contribution in [-0.4, -0.2) is 16.1 Å². The van der Waals surface area contributed by atoms with Crippen molar-refractivity contribution in [3.05, 3.63) is 54.1 Å². The van der Waals surface area contributed by atoms with Gasteiger partial charge in [-0.05, 0) is 30.3 Å². The summed E-state index contributed by atoms with van der Waals surface area (Å²) in [4.78, 5) is 14.4. The van der Waals surface area contributed by atoms with Gasteiger partial charge >= 0.3 is 5.97 Å². The number of halogens is 1. The lowest BCUT2D eigenvalue weighted by Gasteiger charge is -2.06. The van der Waals surface area contributed by atoms with Crippen molar-refractivity contribution in [1.29, 1.82) is 0 Å². The zero-order valence-electron chi connectivity index (χ0n) is 8.63. The van der Waals surface area contributed by atoms with Crippen LogP contribution in [0.3, 0.4) is 0 Å². The van der Waals surface area contributed by atoms with Gasteiger partial charge in [0.05, 0.1) is 11.8 Å². The lowest BCUT2D eigenvalue weighted by molar-refractivity contribution is 0.0696. The number of carboxylic acids is 1. The number of aromatic carboxylic acids is 1. The van der Waals surface area contributed by atoms with E-state index in [1.165, 1.54) is 18.3 Å². The monoisotopic (exact) mass is 233 g/mol. The summed E-state index contributed by atoms with van der Waals surface area (Å²) in [5.41, 5.74) is -0.124. The molecule has 4 nitrogen and oxygen atoms in total. The predicted octanol–water partition coefficient (Wildman–Crippen LogP) is 2.71. The minimum atomic E-state index is -1.18. The molecular formula is C12H8FNO3. The molecule has 0 atom stereocenters. The van der Waals surface area contributed by atoms with E-state index in [0.717, 1.165) is 6.07 Å². The Morgan fingerprint density at radius 3 is 2.76 bits per heavy atom. The highest BCUT2D eigenvalue weighted by atomic mass is 19.1. The Bertz CT molecular complexity index is 543. The average Bonchev–Trinajstić information content (AvgIpc) is 2.33. The van der Waals surface area contributed by atoms with Gasteiger partial charge in [-0.2, -0.15) is 0 Å². The van der Waals surface area contributed by atoms with Crippen LogP contribution in [0.5, 0.6) is 11.5 Å². The highest BCUT2D eigenvalue weighted by Crippen LogP contribution is 2.24. The largest absolute Gasteiger partial charge is 0.478 e. The summed E-state index contributed by atoms with van der Waals surface area (Å²) in [6.45, 7) is 0. The van der Waals surface area contributed by atoms with Gasteiger partial charge in [0.15, 0.2) is 11.6 Å².